The van der Waals surface area contributed by atoms with Crippen LogP contribution < -0.4 is 5.32 Å². The first-order valence-electron chi connectivity index (χ1n) is 8.76. The summed E-state index contributed by atoms with van der Waals surface area (Å²) < 4.78 is 0. The highest BCUT2D eigenvalue weighted by Gasteiger charge is 2.28. The summed E-state index contributed by atoms with van der Waals surface area (Å²) >= 11 is 0. The maximum atomic E-state index is 12.5. The lowest BCUT2D eigenvalue weighted by atomic mass is 9.95. The van der Waals surface area contributed by atoms with Crippen molar-refractivity contribution in [2.24, 2.45) is 11.8 Å². The van der Waals surface area contributed by atoms with Crippen molar-refractivity contribution in [1.82, 2.24) is 4.90 Å². The van der Waals surface area contributed by atoms with E-state index in [1.807, 2.05) is 24.8 Å². The molecule has 1 aliphatic carbocycles. The molecule has 0 atom stereocenters. The maximum absolute atomic E-state index is 12.5. The van der Waals surface area contributed by atoms with Gasteiger partial charge in [0.15, 0.2) is 0 Å². The van der Waals surface area contributed by atoms with Gasteiger partial charge in [0.1, 0.15) is 0 Å². The Morgan fingerprint density at radius 2 is 1.83 bits per heavy atom. The van der Waals surface area contributed by atoms with Crippen LogP contribution in [0.5, 0.6) is 0 Å². The molecule has 0 bridgehead atoms. The Kier molecular flexibility index (Phi) is 4.69. The van der Waals surface area contributed by atoms with Crippen LogP contribution in [0, 0.1) is 11.8 Å². The third-order valence-electron chi connectivity index (χ3n) is 5.04. The molecule has 0 radical (unpaired) electrons. The molecule has 0 spiro atoms. The number of nitrogens with one attached hydrogen (secondary N) is 1. The lowest BCUT2D eigenvalue weighted by Crippen LogP contribution is -2.43. The molecule has 124 valence electrons. The lowest BCUT2D eigenvalue weighted by molar-refractivity contribution is -0.137. The summed E-state index contributed by atoms with van der Waals surface area (Å²) in [6.45, 7) is 5.24. The van der Waals surface area contributed by atoms with E-state index in [9.17, 15) is 9.59 Å². The van der Waals surface area contributed by atoms with Gasteiger partial charge in [-0.05, 0) is 55.4 Å². The summed E-state index contributed by atoms with van der Waals surface area (Å²) in [5.41, 5.74) is 3.71. The zero-order valence-corrected chi connectivity index (χ0v) is 14.1. The van der Waals surface area contributed by atoms with Crippen molar-refractivity contribution < 1.29 is 9.59 Å². The molecule has 1 heterocycles. The van der Waals surface area contributed by atoms with E-state index in [1.165, 1.54) is 17.5 Å². The molecule has 2 amide bonds. The Labute approximate surface area is 138 Å². The van der Waals surface area contributed by atoms with Gasteiger partial charge in [0, 0.05) is 30.6 Å². The van der Waals surface area contributed by atoms with E-state index in [2.05, 4.69) is 17.4 Å². The molecule has 2 aliphatic rings. The van der Waals surface area contributed by atoms with Gasteiger partial charge in [0.25, 0.3) is 0 Å². The minimum atomic E-state index is 0.0134. The molecule has 1 aromatic carbocycles. The van der Waals surface area contributed by atoms with Gasteiger partial charge in [-0.25, -0.2) is 0 Å². The third kappa shape index (κ3) is 3.57. The van der Waals surface area contributed by atoms with Crippen molar-refractivity contribution in [3.63, 3.8) is 0 Å². The van der Waals surface area contributed by atoms with Crippen molar-refractivity contribution in [3.05, 3.63) is 29.3 Å². The predicted molar refractivity (Wildman–Crippen MR) is 91.2 cm³/mol. The number of likely N-dealkylation sites (tertiary alicyclic amines) is 1. The number of amides is 2. The number of carbonyl (C=O) groups is 2. The summed E-state index contributed by atoms with van der Waals surface area (Å²) in [6, 6.07) is 6.28. The molecule has 4 heteroatoms. The molecule has 1 fully saturated rings. The van der Waals surface area contributed by atoms with Gasteiger partial charge in [-0.1, -0.05) is 19.9 Å². The van der Waals surface area contributed by atoms with Crippen molar-refractivity contribution >= 4 is 17.5 Å². The van der Waals surface area contributed by atoms with Crippen LogP contribution >= 0.6 is 0 Å². The second-order valence-electron chi connectivity index (χ2n) is 7.08. The first-order chi connectivity index (χ1) is 11.0. The van der Waals surface area contributed by atoms with E-state index >= 15 is 0 Å². The second-order valence-corrected chi connectivity index (χ2v) is 7.08. The molecule has 4 nitrogen and oxygen atoms in total. The second kappa shape index (κ2) is 6.73. The highest BCUT2D eigenvalue weighted by molar-refractivity contribution is 5.93. The number of carbonyl (C=O) groups excluding carboxylic acids is 2. The molecule has 0 aromatic heterocycles. The van der Waals surface area contributed by atoms with E-state index in [0.29, 0.717) is 13.1 Å². The fraction of sp³-hybridized carbons (Fsp3) is 0.579. The van der Waals surface area contributed by atoms with E-state index in [0.717, 1.165) is 31.4 Å². The molecule has 1 N–H and O–H groups in total. The van der Waals surface area contributed by atoms with Gasteiger partial charge in [-0.3, -0.25) is 9.59 Å². The summed E-state index contributed by atoms with van der Waals surface area (Å²) in [7, 11) is 0. The fourth-order valence-corrected chi connectivity index (χ4v) is 3.62. The monoisotopic (exact) mass is 314 g/mol. The summed E-state index contributed by atoms with van der Waals surface area (Å²) in [5, 5.41) is 3.07. The summed E-state index contributed by atoms with van der Waals surface area (Å²) in [5.74, 6) is 0.341. The maximum Gasteiger partial charge on any atom is 0.227 e. The zero-order valence-electron chi connectivity index (χ0n) is 14.1. The first-order valence-corrected chi connectivity index (χ1v) is 8.76. The fourth-order valence-electron chi connectivity index (χ4n) is 3.62. The molecule has 1 aliphatic heterocycles. The van der Waals surface area contributed by atoms with Crippen LogP contribution in [0.4, 0.5) is 5.69 Å². The Bertz CT molecular complexity index is 601. The standard InChI is InChI=1S/C19H26N2O2/c1-13(2)19(23)21-10-8-15(9-11-21)18(22)20-17-7-6-14-4-3-5-16(14)12-17/h6-7,12-13,15H,3-5,8-11H2,1-2H3,(H,20,22). The van der Waals surface area contributed by atoms with Crippen LogP contribution in [-0.4, -0.2) is 29.8 Å². The van der Waals surface area contributed by atoms with E-state index in [4.69, 9.17) is 0 Å². The Morgan fingerprint density at radius 1 is 1.13 bits per heavy atom. The average Bonchev–Trinajstić information content (AvgIpc) is 3.01. The van der Waals surface area contributed by atoms with Gasteiger partial charge >= 0.3 is 0 Å². The van der Waals surface area contributed by atoms with E-state index < -0.39 is 0 Å². The number of rotatable bonds is 3. The predicted octanol–water partition coefficient (Wildman–Crippen LogP) is 3.01. The van der Waals surface area contributed by atoms with Gasteiger partial charge < -0.3 is 10.2 Å². The highest BCUT2D eigenvalue weighted by atomic mass is 16.2. The lowest BCUT2D eigenvalue weighted by Gasteiger charge is -2.32. The topological polar surface area (TPSA) is 49.4 Å². The van der Waals surface area contributed by atoms with Crippen molar-refractivity contribution in [1.29, 1.82) is 0 Å². The molecule has 0 unspecified atom stereocenters. The van der Waals surface area contributed by atoms with Gasteiger partial charge in [0.05, 0.1) is 0 Å². The van der Waals surface area contributed by atoms with Crippen molar-refractivity contribution in [3.8, 4) is 0 Å². The van der Waals surface area contributed by atoms with Crippen molar-refractivity contribution in [2.45, 2.75) is 46.0 Å². The van der Waals surface area contributed by atoms with Gasteiger partial charge in [-0.2, -0.15) is 0 Å². The van der Waals surface area contributed by atoms with Crippen LogP contribution in [0.3, 0.4) is 0 Å². The average molecular weight is 314 g/mol. The largest absolute Gasteiger partial charge is 0.342 e. The Balaban J connectivity index is 1.55. The quantitative estimate of drug-likeness (QED) is 0.932. The minimum absolute atomic E-state index is 0.0134. The van der Waals surface area contributed by atoms with Crippen LogP contribution in [-0.2, 0) is 22.4 Å². The van der Waals surface area contributed by atoms with E-state index in [1.54, 1.807) is 0 Å². The molecule has 0 saturated carbocycles. The zero-order chi connectivity index (χ0) is 16.4. The smallest absolute Gasteiger partial charge is 0.227 e. The number of aryl methyl sites for hydroxylation is 2. The number of hydrogen-bond acceptors (Lipinski definition) is 2. The first kappa shape index (κ1) is 16.0. The Morgan fingerprint density at radius 3 is 2.52 bits per heavy atom. The molecule has 1 saturated heterocycles. The van der Waals surface area contributed by atoms with Gasteiger partial charge in [0.2, 0.25) is 11.8 Å². The van der Waals surface area contributed by atoms with Crippen LogP contribution in [0.1, 0.15) is 44.2 Å². The van der Waals surface area contributed by atoms with Crippen LogP contribution in [0.15, 0.2) is 18.2 Å². The van der Waals surface area contributed by atoms with Crippen LogP contribution in [0.25, 0.3) is 0 Å². The molecule has 1 aromatic rings. The normalized spacial score (nSPS) is 18.1. The number of fused-ring (bicyclic) bond motifs is 1. The molecular weight excluding hydrogens is 288 g/mol. The van der Waals surface area contributed by atoms with E-state index in [-0.39, 0.29) is 23.7 Å². The SMILES string of the molecule is CC(C)C(=O)N1CCC(C(=O)Nc2ccc3c(c2)CCC3)CC1. The number of benzene rings is 1. The molecule has 3 rings (SSSR count). The highest BCUT2D eigenvalue weighted by Crippen LogP contribution is 2.26. The molecular formula is C19H26N2O2. The minimum Gasteiger partial charge on any atom is -0.342 e. The number of piperidine rings is 1. The van der Waals surface area contributed by atoms with Crippen LogP contribution in [0.2, 0.25) is 0 Å². The number of nitrogens with zero attached hydrogens (tertiary/aromatic N) is 1. The Hall–Kier alpha value is -1.84. The number of anilines is 1. The number of hydrogen-bond donors (Lipinski definition) is 1. The third-order valence-corrected chi connectivity index (χ3v) is 5.04. The summed E-state index contributed by atoms with van der Waals surface area (Å²) in [4.78, 5) is 26.4. The summed E-state index contributed by atoms with van der Waals surface area (Å²) in [6.07, 6.45) is 5.01. The van der Waals surface area contributed by atoms with Crippen molar-refractivity contribution in [2.75, 3.05) is 18.4 Å². The molecule has 23 heavy (non-hydrogen) atoms. The van der Waals surface area contributed by atoms with Gasteiger partial charge in [-0.15, -0.1) is 0 Å².